The van der Waals surface area contributed by atoms with Crippen molar-refractivity contribution in [2.45, 2.75) is 19.3 Å². The lowest BCUT2D eigenvalue weighted by atomic mass is 9.84. The van der Waals surface area contributed by atoms with Gasteiger partial charge in [-0.2, -0.15) is 0 Å². The molecule has 0 bridgehead atoms. The first-order valence-electron chi connectivity index (χ1n) is 6.47. The predicted octanol–water partition coefficient (Wildman–Crippen LogP) is 2.70. The average molecular weight is 283 g/mol. The first-order chi connectivity index (χ1) is 9.91. The molecule has 3 rings (SSSR count). The Balaban J connectivity index is 2.37. The second-order valence-electron chi connectivity index (χ2n) is 5.43. The molecule has 0 unspecified atom stereocenters. The van der Waals surface area contributed by atoms with Gasteiger partial charge in [0, 0.05) is 6.20 Å². The van der Waals surface area contributed by atoms with E-state index in [1.54, 1.807) is 50.4 Å². The summed E-state index contributed by atoms with van der Waals surface area (Å²) >= 11 is 0. The van der Waals surface area contributed by atoms with Crippen molar-refractivity contribution in [1.29, 1.82) is 0 Å². The van der Waals surface area contributed by atoms with Crippen LogP contribution in [0.1, 0.15) is 19.4 Å². The number of aromatic nitrogens is 1. The van der Waals surface area contributed by atoms with Crippen molar-refractivity contribution < 1.29 is 14.3 Å². The molecule has 0 spiro atoms. The van der Waals surface area contributed by atoms with Crippen LogP contribution in [0.25, 0.3) is 22.1 Å². The van der Waals surface area contributed by atoms with E-state index in [1.165, 1.54) is 0 Å². The van der Waals surface area contributed by atoms with Crippen LogP contribution in [0.5, 0.6) is 0 Å². The number of carboxylic acid groups (broad SMARTS) is 1. The van der Waals surface area contributed by atoms with Crippen molar-refractivity contribution in [3.63, 3.8) is 0 Å². The Kier molecular flexibility index (Phi) is 2.79. The summed E-state index contributed by atoms with van der Waals surface area (Å²) in [6, 6.07) is 8.17. The van der Waals surface area contributed by atoms with E-state index in [9.17, 15) is 14.7 Å². The number of carboxylic acids is 1. The number of pyridine rings is 1. The van der Waals surface area contributed by atoms with Gasteiger partial charge in [0.15, 0.2) is 0 Å². The van der Waals surface area contributed by atoms with E-state index in [0.29, 0.717) is 21.9 Å². The molecule has 106 valence electrons. The Hall–Kier alpha value is -2.69. The third-order valence-corrected chi connectivity index (χ3v) is 3.70. The van der Waals surface area contributed by atoms with Gasteiger partial charge in [-0.1, -0.05) is 6.07 Å². The van der Waals surface area contributed by atoms with Crippen LogP contribution in [-0.2, 0) is 10.2 Å². The lowest BCUT2D eigenvalue weighted by Gasteiger charge is -2.19. The SMILES string of the molecule is CC(C)(C(=O)O)c1ccc2oc3ncccc3c(=O)c2c1. The fourth-order valence-electron chi connectivity index (χ4n) is 2.20. The number of nitrogens with zero attached hydrogens (tertiary/aromatic N) is 1. The van der Waals surface area contributed by atoms with E-state index < -0.39 is 11.4 Å². The molecule has 1 N–H and O–H groups in total. The van der Waals surface area contributed by atoms with E-state index in [4.69, 9.17) is 4.42 Å². The Labute approximate surface area is 119 Å². The molecule has 0 atom stereocenters. The largest absolute Gasteiger partial charge is 0.481 e. The predicted molar refractivity (Wildman–Crippen MR) is 78.4 cm³/mol. The number of benzene rings is 1. The zero-order valence-corrected chi connectivity index (χ0v) is 11.6. The smallest absolute Gasteiger partial charge is 0.313 e. The summed E-state index contributed by atoms with van der Waals surface area (Å²) in [6.45, 7) is 3.20. The van der Waals surface area contributed by atoms with Crippen LogP contribution in [0.15, 0.2) is 45.7 Å². The van der Waals surface area contributed by atoms with Gasteiger partial charge in [-0.25, -0.2) is 4.98 Å². The lowest BCUT2D eigenvalue weighted by Crippen LogP contribution is -2.28. The van der Waals surface area contributed by atoms with Gasteiger partial charge in [-0.15, -0.1) is 0 Å². The van der Waals surface area contributed by atoms with Gasteiger partial charge >= 0.3 is 5.97 Å². The summed E-state index contributed by atoms with van der Waals surface area (Å²) in [5, 5.41) is 10.0. The van der Waals surface area contributed by atoms with Gasteiger partial charge in [0.25, 0.3) is 0 Å². The van der Waals surface area contributed by atoms with Crippen LogP contribution in [-0.4, -0.2) is 16.1 Å². The number of hydrogen-bond acceptors (Lipinski definition) is 4. The molecule has 0 saturated heterocycles. The fraction of sp³-hybridized carbons (Fsp3) is 0.188. The number of rotatable bonds is 2. The molecule has 3 aromatic rings. The summed E-state index contributed by atoms with van der Waals surface area (Å²) in [7, 11) is 0. The Morgan fingerprint density at radius 2 is 2.00 bits per heavy atom. The number of fused-ring (bicyclic) bond motifs is 2. The molecule has 0 aliphatic heterocycles. The van der Waals surface area contributed by atoms with E-state index in [2.05, 4.69) is 4.98 Å². The third kappa shape index (κ3) is 1.98. The zero-order chi connectivity index (χ0) is 15.2. The minimum atomic E-state index is -1.08. The minimum absolute atomic E-state index is 0.206. The topological polar surface area (TPSA) is 80.4 Å². The second kappa shape index (κ2) is 4.41. The summed E-state index contributed by atoms with van der Waals surface area (Å²) in [5.41, 5.74) is -0.0540. The Morgan fingerprint density at radius 1 is 1.24 bits per heavy atom. The van der Waals surface area contributed by atoms with Gasteiger partial charge < -0.3 is 9.52 Å². The molecule has 2 heterocycles. The van der Waals surface area contributed by atoms with Gasteiger partial charge in [-0.3, -0.25) is 9.59 Å². The molecule has 0 amide bonds. The van der Waals surface area contributed by atoms with Crippen LogP contribution >= 0.6 is 0 Å². The van der Waals surface area contributed by atoms with Crippen LogP contribution < -0.4 is 5.43 Å². The fourth-order valence-corrected chi connectivity index (χ4v) is 2.20. The van der Waals surface area contributed by atoms with Crippen LogP contribution in [0.2, 0.25) is 0 Å². The molecular weight excluding hydrogens is 270 g/mol. The maximum atomic E-state index is 12.5. The molecule has 0 radical (unpaired) electrons. The molecule has 5 heteroatoms. The van der Waals surface area contributed by atoms with Crippen molar-refractivity contribution in [2.24, 2.45) is 0 Å². The van der Waals surface area contributed by atoms with Crippen molar-refractivity contribution in [3.8, 4) is 0 Å². The highest BCUT2D eigenvalue weighted by Gasteiger charge is 2.29. The monoisotopic (exact) mass is 283 g/mol. The highest BCUT2D eigenvalue weighted by Crippen LogP contribution is 2.27. The molecular formula is C16H13NO4. The maximum Gasteiger partial charge on any atom is 0.313 e. The van der Waals surface area contributed by atoms with Crippen LogP contribution in [0.3, 0.4) is 0 Å². The van der Waals surface area contributed by atoms with Gasteiger partial charge in [0.05, 0.1) is 16.2 Å². The molecule has 21 heavy (non-hydrogen) atoms. The minimum Gasteiger partial charge on any atom is -0.481 e. The molecule has 1 aromatic carbocycles. The average Bonchev–Trinajstić information content (AvgIpc) is 2.47. The standard InChI is InChI=1S/C16H13NO4/c1-16(2,15(19)20)9-5-6-12-11(8-9)13(18)10-4-3-7-17-14(10)21-12/h3-8H,1-2H3,(H,19,20). The summed E-state index contributed by atoms with van der Waals surface area (Å²) < 4.78 is 5.60. The molecule has 0 aliphatic rings. The summed E-state index contributed by atoms with van der Waals surface area (Å²) in [5.74, 6) is -0.950. The first-order valence-corrected chi connectivity index (χ1v) is 6.47. The maximum absolute atomic E-state index is 12.5. The van der Waals surface area contributed by atoms with E-state index in [-0.39, 0.29) is 11.1 Å². The highest BCUT2D eigenvalue weighted by molar-refractivity contribution is 5.90. The van der Waals surface area contributed by atoms with Gasteiger partial charge in [-0.05, 0) is 43.7 Å². The quantitative estimate of drug-likeness (QED) is 0.731. The molecule has 2 aromatic heterocycles. The molecule has 0 aliphatic carbocycles. The van der Waals surface area contributed by atoms with Crippen LogP contribution in [0, 0.1) is 0 Å². The van der Waals surface area contributed by atoms with E-state index >= 15 is 0 Å². The molecule has 0 fully saturated rings. The van der Waals surface area contributed by atoms with Crippen molar-refractivity contribution in [3.05, 3.63) is 52.3 Å². The molecule has 0 saturated carbocycles. The molecule has 5 nitrogen and oxygen atoms in total. The van der Waals surface area contributed by atoms with Gasteiger partial charge in [0.1, 0.15) is 5.58 Å². The Bertz CT molecular complexity index is 924. The highest BCUT2D eigenvalue weighted by atomic mass is 16.4. The summed E-state index contributed by atoms with van der Waals surface area (Å²) in [4.78, 5) is 27.9. The van der Waals surface area contributed by atoms with Crippen molar-refractivity contribution in [1.82, 2.24) is 4.98 Å². The summed E-state index contributed by atoms with van der Waals surface area (Å²) in [6.07, 6.45) is 1.55. The first kappa shape index (κ1) is 13.3. The lowest BCUT2D eigenvalue weighted by molar-refractivity contribution is -0.142. The van der Waals surface area contributed by atoms with Crippen LogP contribution in [0.4, 0.5) is 0 Å². The number of hydrogen-bond donors (Lipinski definition) is 1. The number of carbonyl (C=O) groups is 1. The zero-order valence-electron chi connectivity index (χ0n) is 11.6. The van der Waals surface area contributed by atoms with Crippen molar-refractivity contribution >= 4 is 28.0 Å². The van der Waals surface area contributed by atoms with E-state index in [0.717, 1.165) is 0 Å². The third-order valence-electron chi connectivity index (χ3n) is 3.70. The normalized spacial score (nSPS) is 11.9. The number of aliphatic carboxylic acids is 1. The Morgan fingerprint density at radius 3 is 2.71 bits per heavy atom. The van der Waals surface area contributed by atoms with Gasteiger partial charge in [0.2, 0.25) is 11.1 Å². The second-order valence-corrected chi connectivity index (χ2v) is 5.43. The van der Waals surface area contributed by atoms with Crippen molar-refractivity contribution in [2.75, 3.05) is 0 Å². The van der Waals surface area contributed by atoms with E-state index in [1.807, 2.05) is 0 Å².